The van der Waals surface area contributed by atoms with Crippen LogP contribution in [0.25, 0.3) is 0 Å². The third-order valence-corrected chi connectivity index (χ3v) is 8.95. The fourth-order valence-corrected chi connectivity index (χ4v) is 6.13. The van der Waals surface area contributed by atoms with Crippen LogP contribution in [0.5, 0.6) is 0 Å². The lowest BCUT2D eigenvalue weighted by Gasteiger charge is -2.60. The summed E-state index contributed by atoms with van der Waals surface area (Å²) in [6, 6.07) is 1.44. The van der Waals surface area contributed by atoms with Gasteiger partial charge in [-0.3, -0.25) is 14.7 Å². The van der Waals surface area contributed by atoms with Gasteiger partial charge >= 0.3 is 0 Å². The molecule has 1 atom stereocenters. The summed E-state index contributed by atoms with van der Waals surface area (Å²) in [4.78, 5) is 11.1. The van der Waals surface area contributed by atoms with Gasteiger partial charge in [-0.15, -0.1) is 0 Å². The van der Waals surface area contributed by atoms with Gasteiger partial charge in [-0.25, -0.2) is 0 Å². The lowest BCUT2D eigenvalue weighted by atomic mass is 9.76. The molecule has 0 N–H and O–H groups in total. The van der Waals surface area contributed by atoms with E-state index in [1.54, 1.807) is 0 Å². The first-order chi connectivity index (χ1) is 12.6. The number of hydrogen-bond acceptors (Lipinski definition) is 4. The molecule has 2 saturated carbocycles. The molecule has 1 unspecified atom stereocenters. The molecule has 4 nitrogen and oxygen atoms in total. The summed E-state index contributed by atoms with van der Waals surface area (Å²) >= 11 is 0. The second kappa shape index (κ2) is 6.68. The number of likely N-dealkylation sites (N-methyl/N-ethyl adjacent to an activating group) is 1. The van der Waals surface area contributed by atoms with Crippen LogP contribution in [-0.4, -0.2) is 94.6 Å². The summed E-state index contributed by atoms with van der Waals surface area (Å²) < 4.78 is 0. The van der Waals surface area contributed by atoms with Crippen LogP contribution in [0, 0.1) is 5.92 Å². The molecule has 2 heterocycles. The standard InChI is InChI=1S/C23H44N4/c1-18(2)26-15-13-25(17-23(26)10-11-23)21(3,4)22(5,6)27-14-12-24(7)16-20(27)19-8-9-19/h18-20H,8-17H2,1-7H3. The molecular formula is C23H44N4. The summed E-state index contributed by atoms with van der Waals surface area (Å²) in [7, 11) is 2.31. The van der Waals surface area contributed by atoms with Gasteiger partial charge in [0.15, 0.2) is 0 Å². The molecule has 0 bridgehead atoms. The molecule has 2 aliphatic heterocycles. The van der Waals surface area contributed by atoms with Crippen molar-refractivity contribution in [3.63, 3.8) is 0 Å². The second-order valence-electron chi connectivity index (χ2n) is 11.4. The zero-order valence-corrected chi connectivity index (χ0v) is 19.1. The van der Waals surface area contributed by atoms with Gasteiger partial charge in [0, 0.05) is 68.0 Å². The Morgan fingerprint density at radius 1 is 0.889 bits per heavy atom. The zero-order valence-electron chi connectivity index (χ0n) is 19.1. The number of piperazine rings is 2. The third kappa shape index (κ3) is 3.39. The van der Waals surface area contributed by atoms with E-state index in [1.807, 2.05) is 0 Å². The van der Waals surface area contributed by atoms with Crippen molar-refractivity contribution >= 4 is 0 Å². The maximum Gasteiger partial charge on any atom is 0.0341 e. The van der Waals surface area contributed by atoms with E-state index in [9.17, 15) is 0 Å². The molecule has 4 heteroatoms. The average Bonchev–Trinajstić information content (AvgIpc) is 3.50. The molecule has 4 rings (SSSR count). The van der Waals surface area contributed by atoms with Gasteiger partial charge in [0.25, 0.3) is 0 Å². The predicted molar refractivity (Wildman–Crippen MR) is 114 cm³/mol. The average molecular weight is 377 g/mol. The molecule has 2 aliphatic carbocycles. The van der Waals surface area contributed by atoms with E-state index in [-0.39, 0.29) is 11.1 Å². The summed E-state index contributed by atoms with van der Waals surface area (Å²) in [6.07, 6.45) is 5.69. The molecule has 4 aliphatic rings. The quantitative estimate of drug-likeness (QED) is 0.731. The van der Waals surface area contributed by atoms with Crippen molar-refractivity contribution in [3.8, 4) is 0 Å². The van der Waals surface area contributed by atoms with Crippen molar-refractivity contribution in [2.75, 3.05) is 46.3 Å². The Morgan fingerprint density at radius 2 is 1.56 bits per heavy atom. The fourth-order valence-electron chi connectivity index (χ4n) is 6.13. The number of rotatable bonds is 5. The second-order valence-corrected chi connectivity index (χ2v) is 11.4. The topological polar surface area (TPSA) is 13.0 Å². The molecule has 1 spiro atoms. The van der Waals surface area contributed by atoms with Crippen molar-refractivity contribution in [1.82, 2.24) is 19.6 Å². The number of nitrogens with zero attached hydrogens (tertiary/aromatic N) is 4. The Balaban J connectivity index is 1.53. The largest absolute Gasteiger partial charge is 0.304 e. The van der Waals surface area contributed by atoms with Gasteiger partial charge in [0.1, 0.15) is 0 Å². The van der Waals surface area contributed by atoms with Crippen LogP contribution in [0.3, 0.4) is 0 Å². The minimum Gasteiger partial charge on any atom is -0.304 e. The summed E-state index contributed by atoms with van der Waals surface area (Å²) in [5, 5.41) is 0. The predicted octanol–water partition coefficient (Wildman–Crippen LogP) is 3.13. The van der Waals surface area contributed by atoms with Crippen LogP contribution in [0.1, 0.15) is 67.2 Å². The Labute approximate surface area is 168 Å². The molecule has 0 aromatic heterocycles. The van der Waals surface area contributed by atoms with Gasteiger partial charge in [0.2, 0.25) is 0 Å². The van der Waals surface area contributed by atoms with E-state index in [2.05, 4.69) is 68.2 Å². The Bertz CT molecular complexity index is 547. The Kier molecular flexibility index (Phi) is 4.98. The fraction of sp³-hybridized carbons (Fsp3) is 1.00. The minimum absolute atomic E-state index is 0.189. The summed E-state index contributed by atoms with van der Waals surface area (Å²) in [5.41, 5.74) is 0.865. The first-order valence-electron chi connectivity index (χ1n) is 11.6. The molecule has 2 saturated heterocycles. The summed E-state index contributed by atoms with van der Waals surface area (Å²) in [5.74, 6) is 0.940. The van der Waals surface area contributed by atoms with Crippen LogP contribution in [0.4, 0.5) is 0 Å². The van der Waals surface area contributed by atoms with Gasteiger partial charge in [-0.05, 0) is 80.2 Å². The van der Waals surface area contributed by atoms with Gasteiger partial charge in [0.05, 0.1) is 0 Å². The molecule has 4 fully saturated rings. The first-order valence-corrected chi connectivity index (χ1v) is 11.6. The molecular weight excluding hydrogens is 332 g/mol. The first kappa shape index (κ1) is 20.1. The van der Waals surface area contributed by atoms with E-state index in [0.29, 0.717) is 11.6 Å². The Morgan fingerprint density at radius 3 is 2.11 bits per heavy atom. The van der Waals surface area contributed by atoms with Gasteiger partial charge < -0.3 is 4.90 Å². The Hall–Kier alpha value is -0.160. The SMILES string of the molecule is CC(C)N1CCN(C(C)(C)C(C)(C)N2CCN(C)CC2C2CC2)CC12CC2. The third-order valence-electron chi connectivity index (χ3n) is 8.95. The van der Waals surface area contributed by atoms with Gasteiger partial charge in [-0.2, -0.15) is 0 Å². The van der Waals surface area contributed by atoms with Crippen molar-refractivity contribution in [1.29, 1.82) is 0 Å². The summed E-state index contributed by atoms with van der Waals surface area (Å²) in [6.45, 7) is 22.4. The molecule has 0 amide bonds. The van der Waals surface area contributed by atoms with Crippen molar-refractivity contribution in [3.05, 3.63) is 0 Å². The molecule has 0 radical (unpaired) electrons. The van der Waals surface area contributed by atoms with Crippen molar-refractivity contribution in [2.45, 2.75) is 95.9 Å². The molecule has 27 heavy (non-hydrogen) atoms. The lowest BCUT2D eigenvalue weighted by Crippen LogP contribution is -2.73. The van der Waals surface area contributed by atoms with E-state index in [0.717, 1.165) is 12.0 Å². The maximum atomic E-state index is 2.92. The van der Waals surface area contributed by atoms with Crippen molar-refractivity contribution < 1.29 is 0 Å². The van der Waals surface area contributed by atoms with Gasteiger partial charge in [-0.1, -0.05) is 0 Å². The van der Waals surface area contributed by atoms with Crippen LogP contribution in [0.15, 0.2) is 0 Å². The lowest BCUT2D eigenvalue weighted by molar-refractivity contribution is -0.106. The minimum atomic E-state index is 0.189. The van der Waals surface area contributed by atoms with E-state index in [4.69, 9.17) is 0 Å². The smallest absolute Gasteiger partial charge is 0.0341 e. The molecule has 0 aromatic carbocycles. The number of hydrogen-bond donors (Lipinski definition) is 0. The highest BCUT2D eigenvalue weighted by molar-refractivity contribution is 5.14. The highest BCUT2D eigenvalue weighted by Crippen LogP contribution is 2.49. The molecule has 156 valence electrons. The monoisotopic (exact) mass is 376 g/mol. The zero-order chi connectivity index (χ0) is 19.6. The van der Waals surface area contributed by atoms with Crippen molar-refractivity contribution in [2.24, 2.45) is 5.92 Å². The van der Waals surface area contributed by atoms with E-state index < -0.39 is 0 Å². The molecule has 0 aromatic rings. The van der Waals surface area contributed by atoms with Crippen LogP contribution in [-0.2, 0) is 0 Å². The highest BCUT2D eigenvalue weighted by Gasteiger charge is 2.57. The van der Waals surface area contributed by atoms with E-state index in [1.165, 1.54) is 65.0 Å². The van der Waals surface area contributed by atoms with E-state index >= 15 is 0 Å². The highest BCUT2D eigenvalue weighted by atomic mass is 15.4. The van der Waals surface area contributed by atoms with Crippen LogP contribution in [0.2, 0.25) is 0 Å². The normalized spacial score (nSPS) is 31.8. The maximum absolute atomic E-state index is 2.92. The van der Waals surface area contributed by atoms with Crippen LogP contribution < -0.4 is 0 Å². The van der Waals surface area contributed by atoms with Crippen LogP contribution >= 0.6 is 0 Å².